The molecule has 146 valence electrons. The molecular formula is C20H32ClN3O2. The van der Waals surface area contributed by atoms with Crippen molar-refractivity contribution in [3.05, 3.63) is 35.9 Å². The fraction of sp³-hybridized carbons (Fsp3) is 0.650. The largest absolute Gasteiger partial charge is 0.387 e. The van der Waals surface area contributed by atoms with E-state index in [1.165, 1.54) is 0 Å². The molecule has 1 aromatic carbocycles. The molecule has 5 nitrogen and oxygen atoms in total. The zero-order chi connectivity index (χ0) is 17.6. The molecule has 1 aromatic rings. The van der Waals surface area contributed by atoms with Gasteiger partial charge in [-0.1, -0.05) is 30.3 Å². The summed E-state index contributed by atoms with van der Waals surface area (Å²) in [6, 6.07) is 9.91. The van der Waals surface area contributed by atoms with E-state index in [4.69, 9.17) is 0 Å². The van der Waals surface area contributed by atoms with Crippen LogP contribution in [0.2, 0.25) is 0 Å². The maximum atomic E-state index is 12.4. The van der Waals surface area contributed by atoms with Gasteiger partial charge in [-0.15, -0.1) is 12.4 Å². The number of hydrogen-bond acceptors (Lipinski definition) is 4. The average molecular weight is 382 g/mol. The third kappa shape index (κ3) is 5.68. The molecule has 2 aliphatic rings. The van der Waals surface area contributed by atoms with Crippen LogP contribution < -0.4 is 5.32 Å². The number of aliphatic hydroxyl groups excluding tert-OH is 1. The highest BCUT2D eigenvalue weighted by molar-refractivity contribution is 5.85. The number of benzene rings is 1. The summed E-state index contributed by atoms with van der Waals surface area (Å²) >= 11 is 0. The van der Waals surface area contributed by atoms with Crippen LogP contribution in [0.15, 0.2) is 30.3 Å². The third-order valence-electron chi connectivity index (χ3n) is 5.59. The summed E-state index contributed by atoms with van der Waals surface area (Å²) < 4.78 is 0. The van der Waals surface area contributed by atoms with E-state index in [9.17, 15) is 9.90 Å². The lowest BCUT2D eigenvalue weighted by atomic mass is 9.95. The number of aliphatic hydroxyl groups is 1. The second-order valence-corrected chi connectivity index (χ2v) is 7.54. The number of halogens is 1. The number of β-amino-alcohol motifs (C(OH)–C–C–N with tert-alkyl or cyclic N) is 1. The van der Waals surface area contributed by atoms with Gasteiger partial charge in [0.1, 0.15) is 0 Å². The van der Waals surface area contributed by atoms with Crippen molar-refractivity contribution < 1.29 is 9.90 Å². The van der Waals surface area contributed by atoms with E-state index in [2.05, 4.69) is 10.2 Å². The monoisotopic (exact) mass is 381 g/mol. The molecule has 2 fully saturated rings. The zero-order valence-electron chi connectivity index (χ0n) is 15.6. The first-order chi connectivity index (χ1) is 12.1. The van der Waals surface area contributed by atoms with Gasteiger partial charge in [-0.25, -0.2) is 0 Å². The van der Waals surface area contributed by atoms with Crippen molar-refractivity contribution in [1.82, 2.24) is 15.1 Å². The summed E-state index contributed by atoms with van der Waals surface area (Å²) in [7, 11) is 1.94. The van der Waals surface area contributed by atoms with Gasteiger partial charge in [0.15, 0.2) is 0 Å². The lowest BCUT2D eigenvalue weighted by molar-refractivity contribution is -0.132. The number of rotatable bonds is 6. The van der Waals surface area contributed by atoms with Crippen LogP contribution in [0, 0.1) is 5.92 Å². The molecule has 0 aliphatic carbocycles. The summed E-state index contributed by atoms with van der Waals surface area (Å²) in [6.07, 6.45) is 3.84. The first-order valence-corrected chi connectivity index (χ1v) is 9.57. The SMILES string of the molecule is CN(CC1CCN(CC(O)c2ccccc2)CC1)C(=O)C1CCCN1.Cl. The maximum Gasteiger partial charge on any atom is 0.239 e. The van der Waals surface area contributed by atoms with Gasteiger partial charge in [-0.2, -0.15) is 0 Å². The van der Waals surface area contributed by atoms with Crippen LogP contribution in [0.5, 0.6) is 0 Å². The van der Waals surface area contributed by atoms with Crippen LogP contribution in [0.3, 0.4) is 0 Å². The number of hydrogen-bond donors (Lipinski definition) is 2. The fourth-order valence-corrected chi connectivity index (χ4v) is 4.02. The Morgan fingerprint density at radius 1 is 1.27 bits per heavy atom. The Labute approximate surface area is 163 Å². The molecule has 0 aromatic heterocycles. The summed E-state index contributed by atoms with van der Waals surface area (Å²) in [6.45, 7) is 4.51. The van der Waals surface area contributed by atoms with Crippen molar-refractivity contribution in [2.45, 2.75) is 37.8 Å². The lowest BCUT2D eigenvalue weighted by Gasteiger charge is -2.35. The minimum absolute atomic E-state index is 0. The van der Waals surface area contributed by atoms with Crippen LogP contribution >= 0.6 is 12.4 Å². The highest BCUT2D eigenvalue weighted by Gasteiger charge is 2.28. The van der Waals surface area contributed by atoms with Gasteiger partial charge < -0.3 is 20.2 Å². The Balaban J connectivity index is 0.00000243. The molecule has 1 amide bonds. The number of nitrogens with zero attached hydrogens (tertiary/aromatic N) is 2. The first kappa shape index (κ1) is 21.2. The quantitative estimate of drug-likeness (QED) is 0.792. The van der Waals surface area contributed by atoms with Crippen molar-refractivity contribution in [3.63, 3.8) is 0 Å². The minimum Gasteiger partial charge on any atom is -0.387 e. The Kier molecular flexibility index (Phi) is 8.35. The van der Waals surface area contributed by atoms with E-state index in [0.29, 0.717) is 12.5 Å². The molecular weight excluding hydrogens is 350 g/mol. The van der Waals surface area contributed by atoms with Gasteiger partial charge in [0, 0.05) is 20.1 Å². The van der Waals surface area contributed by atoms with Gasteiger partial charge >= 0.3 is 0 Å². The number of likely N-dealkylation sites (N-methyl/N-ethyl adjacent to an activating group) is 1. The Morgan fingerprint density at radius 3 is 2.58 bits per heavy atom. The zero-order valence-corrected chi connectivity index (χ0v) is 16.5. The van der Waals surface area contributed by atoms with Crippen LogP contribution in [0.4, 0.5) is 0 Å². The van der Waals surface area contributed by atoms with Crippen molar-refractivity contribution >= 4 is 18.3 Å². The standard InChI is InChI=1S/C20H31N3O2.ClH/c1-22(20(25)18-8-5-11-21-18)14-16-9-12-23(13-10-16)15-19(24)17-6-3-2-4-7-17;/h2-4,6-7,16,18-19,21,24H,5,8-15H2,1H3;1H. The van der Waals surface area contributed by atoms with Gasteiger partial charge in [0.25, 0.3) is 0 Å². The molecule has 2 N–H and O–H groups in total. The molecule has 2 heterocycles. The van der Waals surface area contributed by atoms with E-state index in [1.807, 2.05) is 42.3 Å². The van der Waals surface area contributed by atoms with E-state index in [1.54, 1.807) is 0 Å². The molecule has 2 aliphatic heterocycles. The second kappa shape index (κ2) is 10.3. The summed E-state index contributed by atoms with van der Waals surface area (Å²) in [4.78, 5) is 16.7. The molecule has 0 bridgehead atoms. The Hall–Kier alpha value is -1.14. The second-order valence-electron chi connectivity index (χ2n) is 7.54. The number of carbonyl (C=O) groups is 1. The summed E-state index contributed by atoms with van der Waals surface area (Å²) in [5, 5.41) is 13.7. The van der Waals surface area contributed by atoms with Crippen molar-refractivity contribution in [2.75, 3.05) is 39.8 Å². The van der Waals surface area contributed by atoms with Crippen molar-refractivity contribution in [3.8, 4) is 0 Å². The van der Waals surface area contributed by atoms with Gasteiger partial charge in [0.2, 0.25) is 5.91 Å². The molecule has 0 saturated carbocycles. The Morgan fingerprint density at radius 2 is 1.96 bits per heavy atom. The number of piperidine rings is 1. The van der Waals surface area contributed by atoms with E-state index < -0.39 is 6.10 Å². The first-order valence-electron chi connectivity index (χ1n) is 9.57. The number of likely N-dealkylation sites (tertiary alicyclic amines) is 1. The average Bonchev–Trinajstić information content (AvgIpc) is 3.18. The Bertz CT molecular complexity index is 543. The number of amides is 1. The molecule has 6 heteroatoms. The lowest BCUT2D eigenvalue weighted by Crippen LogP contribution is -2.45. The summed E-state index contributed by atoms with van der Waals surface area (Å²) in [5.74, 6) is 0.819. The number of nitrogens with one attached hydrogen (secondary N) is 1. The van der Waals surface area contributed by atoms with Gasteiger partial charge in [-0.3, -0.25) is 4.79 Å². The molecule has 0 radical (unpaired) electrons. The third-order valence-corrected chi connectivity index (χ3v) is 5.59. The van der Waals surface area contributed by atoms with Crippen LogP contribution in [0.25, 0.3) is 0 Å². The van der Waals surface area contributed by atoms with E-state index in [-0.39, 0.29) is 24.4 Å². The molecule has 3 rings (SSSR count). The summed E-state index contributed by atoms with van der Waals surface area (Å²) in [5.41, 5.74) is 0.985. The van der Waals surface area contributed by atoms with Crippen molar-refractivity contribution in [2.24, 2.45) is 5.92 Å². The predicted molar refractivity (Wildman–Crippen MR) is 106 cm³/mol. The predicted octanol–water partition coefficient (Wildman–Crippen LogP) is 2.06. The van der Waals surface area contributed by atoms with E-state index >= 15 is 0 Å². The van der Waals surface area contributed by atoms with Crippen LogP contribution in [-0.4, -0.2) is 66.6 Å². The molecule has 0 spiro atoms. The van der Waals surface area contributed by atoms with Crippen LogP contribution in [0.1, 0.15) is 37.4 Å². The van der Waals surface area contributed by atoms with Gasteiger partial charge in [-0.05, 0) is 56.8 Å². The smallest absolute Gasteiger partial charge is 0.239 e. The fourth-order valence-electron chi connectivity index (χ4n) is 4.02. The van der Waals surface area contributed by atoms with Gasteiger partial charge in [0.05, 0.1) is 12.1 Å². The highest BCUT2D eigenvalue weighted by Crippen LogP contribution is 2.22. The molecule has 2 saturated heterocycles. The minimum atomic E-state index is -0.421. The molecule has 2 unspecified atom stereocenters. The normalized spacial score (nSPS) is 22.6. The maximum absolute atomic E-state index is 12.4. The van der Waals surface area contributed by atoms with Crippen molar-refractivity contribution in [1.29, 1.82) is 0 Å². The highest BCUT2D eigenvalue weighted by atomic mass is 35.5. The van der Waals surface area contributed by atoms with Crippen LogP contribution in [-0.2, 0) is 4.79 Å². The number of carbonyl (C=O) groups excluding carboxylic acids is 1. The molecule has 2 atom stereocenters. The topological polar surface area (TPSA) is 55.8 Å². The molecule has 26 heavy (non-hydrogen) atoms. The van der Waals surface area contributed by atoms with E-state index in [0.717, 1.165) is 57.4 Å².